The van der Waals surface area contributed by atoms with Crippen LogP contribution in [0.4, 0.5) is 0 Å². The van der Waals surface area contributed by atoms with Gasteiger partial charge in [-0.15, -0.1) is 0 Å². The van der Waals surface area contributed by atoms with Crippen LogP contribution in [0.5, 0.6) is 11.5 Å². The van der Waals surface area contributed by atoms with Crippen molar-refractivity contribution < 1.29 is 9.47 Å². The smallest absolute Gasteiger partial charge is 0.184 e. The van der Waals surface area contributed by atoms with Gasteiger partial charge in [0.15, 0.2) is 16.6 Å². The van der Waals surface area contributed by atoms with Crippen molar-refractivity contribution in [3.05, 3.63) is 23.8 Å². The lowest BCUT2D eigenvalue weighted by atomic mass is 10.2. The lowest BCUT2D eigenvalue weighted by Crippen LogP contribution is -2.23. The molecule has 0 heterocycles. The molecule has 1 rings (SSSR count). The van der Waals surface area contributed by atoms with Gasteiger partial charge in [0.25, 0.3) is 0 Å². The minimum atomic E-state index is 0.128. The zero-order valence-corrected chi connectivity index (χ0v) is 12.0. The molecular formula is C13H19N3O2S. The Labute approximate surface area is 118 Å². The standard InChI is InChI=1S/C13H19N3O2S/c1-3-4-7-18-11-6-5-10(8-12(11)17-2)9-15-16-13(14)19/h5-6,8-9H,3-4,7H2,1-2H3,(H3,14,16,19). The number of hydrogen-bond donors (Lipinski definition) is 2. The van der Waals surface area contributed by atoms with Gasteiger partial charge in [-0.1, -0.05) is 13.3 Å². The molecule has 0 aliphatic carbocycles. The van der Waals surface area contributed by atoms with Crippen LogP contribution in [0.25, 0.3) is 0 Å². The first-order chi connectivity index (χ1) is 9.17. The van der Waals surface area contributed by atoms with Gasteiger partial charge in [0.2, 0.25) is 0 Å². The highest BCUT2D eigenvalue weighted by Gasteiger charge is 2.04. The molecule has 0 aliphatic heterocycles. The Hall–Kier alpha value is -1.82. The summed E-state index contributed by atoms with van der Waals surface area (Å²) in [6.07, 6.45) is 3.72. The van der Waals surface area contributed by atoms with Gasteiger partial charge in [0, 0.05) is 0 Å². The zero-order valence-electron chi connectivity index (χ0n) is 11.2. The van der Waals surface area contributed by atoms with Crippen molar-refractivity contribution in [3.63, 3.8) is 0 Å². The van der Waals surface area contributed by atoms with Gasteiger partial charge in [0.05, 0.1) is 19.9 Å². The number of ether oxygens (including phenoxy) is 2. The minimum Gasteiger partial charge on any atom is -0.493 e. The Morgan fingerprint density at radius 2 is 2.26 bits per heavy atom. The van der Waals surface area contributed by atoms with E-state index >= 15 is 0 Å². The Balaban J connectivity index is 2.71. The van der Waals surface area contributed by atoms with Crippen molar-refractivity contribution in [1.82, 2.24) is 5.43 Å². The van der Waals surface area contributed by atoms with E-state index in [4.69, 9.17) is 15.2 Å². The molecule has 0 atom stereocenters. The number of nitrogens with two attached hydrogens (primary N) is 1. The van der Waals surface area contributed by atoms with Gasteiger partial charge in [-0.3, -0.25) is 5.43 Å². The molecule has 0 saturated carbocycles. The second-order valence-corrected chi connectivity index (χ2v) is 4.29. The fraction of sp³-hybridized carbons (Fsp3) is 0.385. The normalized spacial score (nSPS) is 10.4. The van der Waals surface area contributed by atoms with Crippen molar-refractivity contribution >= 4 is 23.5 Å². The fourth-order valence-corrected chi connectivity index (χ4v) is 1.43. The first kappa shape index (κ1) is 15.2. The Bertz CT molecular complexity index is 450. The van der Waals surface area contributed by atoms with Crippen molar-refractivity contribution in [2.75, 3.05) is 13.7 Å². The van der Waals surface area contributed by atoms with Crippen LogP contribution in [0.1, 0.15) is 25.3 Å². The topological polar surface area (TPSA) is 68.9 Å². The molecule has 0 spiro atoms. The summed E-state index contributed by atoms with van der Waals surface area (Å²) < 4.78 is 10.9. The van der Waals surface area contributed by atoms with Crippen LogP contribution >= 0.6 is 12.2 Å². The number of thiocarbonyl (C=S) groups is 1. The lowest BCUT2D eigenvalue weighted by Gasteiger charge is -2.10. The summed E-state index contributed by atoms with van der Waals surface area (Å²) in [7, 11) is 1.61. The third kappa shape index (κ3) is 5.56. The minimum absolute atomic E-state index is 0.128. The number of nitrogens with one attached hydrogen (secondary N) is 1. The highest BCUT2D eigenvalue weighted by molar-refractivity contribution is 7.80. The summed E-state index contributed by atoms with van der Waals surface area (Å²) in [6, 6.07) is 5.58. The average molecular weight is 281 g/mol. The highest BCUT2D eigenvalue weighted by Crippen LogP contribution is 2.27. The molecule has 1 aromatic carbocycles. The van der Waals surface area contributed by atoms with Crippen LogP contribution in [0.2, 0.25) is 0 Å². The molecule has 19 heavy (non-hydrogen) atoms. The molecular weight excluding hydrogens is 262 g/mol. The maximum Gasteiger partial charge on any atom is 0.184 e. The number of nitrogens with zero attached hydrogens (tertiary/aromatic N) is 1. The van der Waals surface area contributed by atoms with Crippen LogP contribution in [0.15, 0.2) is 23.3 Å². The van der Waals surface area contributed by atoms with E-state index in [-0.39, 0.29) is 5.11 Å². The predicted molar refractivity (Wildman–Crippen MR) is 80.9 cm³/mol. The Morgan fingerprint density at radius 1 is 1.47 bits per heavy atom. The maximum atomic E-state index is 5.64. The van der Waals surface area contributed by atoms with E-state index in [2.05, 4.69) is 29.7 Å². The zero-order chi connectivity index (χ0) is 14.1. The van der Waals surface area contributed by atoms with Crippen molar-refractivity contribution in [2.45, 2.75) is 19.8 Å². The number of benzene rings is 1. The van der Waals surface area contributed by atoms with Crippen LogP contribution < -0.4 is 20.6 Å². The first-order valence-corrected chi connectivity index (χ1v) is 6.47. The molecule has 0 unspecified atom stereocenters. The van der Waals surface area contributed by atoms with E-state index < -0.39 is 0 Å². The molecule has 0 radical (unpaired) electrons. The van der Waals surface area contributed by atoms with Gasteiger partial charge >= 0.3 is 0 Å². The van der Waals surface area contributed by atoms with Gasteiger partial charge in [-0.2, -0.15) is 5.10 Å². The van der Waals surface area contributed by atoms with E-state index in [1.165, 1.54) is 0 Å². The molecule has 0 amide bonds. The number of unbranched alkanes of at least 4 members (excludes halogenated alkanes) is 1. The summed E-state index contributed by atoms with van der Waals surface area (Å²) in [5, 5.41) is 4.01. The van der Waals surface area contributed by atoms with Crippen LogP contribution in [0.3, 0.4) is 0 Å². The molecule has 5 nitrogen and oxygen atoms in total. The van der Waals surface area contributed by atoms with E-state index in [1.807, 2.05) is 18.2 Å². The van der Waals surface area contributed by atoms with E-state index in [9.17, 15) is 0 Å². The summed E-state index contributed by atoms with van der Waals surface area (Å²) in [5.74, 6) is 1.41. The number of rotatable bonds is 7. The van der Waals surface area contributed by atoms with Crippen molar-refractivity contribution in [3.8, 4) is 11.5 Å². The highest BCUT2D eigenvalue weighted by atomic mass is 32.1. The van der Waals surface area contributed by atoms with E-state index in [0.717, 1.165) is 24.2 Å². The first-order valence-electron chi connectivity index (χ1n) is 6.06. The molecule has 1 aromatic rings. The molecule has 6 heteroatoms. The van der Waals surface area contributed by atoms with Crippen molar-refractivity contribution in [1.29, 1.82) is 0 Å². The third-order valence-corrected chi connectivity index (χ3v) is 2.42. The summed E-state index contributed by atoms with van der Waals surface area (Å²) in [5.41, 5.74) is 8.63. The molecule has 3 N–H and O–H groups in total. The Kier molecular flexibility index (Phi) is 6.67. The second kappa shape index (κ2) is 8.31. The van der Waals surface area contributed by atoms with Gasteiger partial charge in [0.1, 0.15) is 0 Å². The van der Waals surface area contributed by atoms with Gasteiger partial charge < -0.3 is 15.2 Å². The largest absolute Gasteiger partial charge is 0.493 e. The SMILES string of the molecule is CCCCOc1ccc(C=NNC(N)=S)cc1OC. The van der Waals surface area contributed by atoms with Crippen LogP contribution in [-0.4, -0.2) is 25.0 Å². The second-order valence-electron chi connectivity index (χ2n) is 3.85. The molecule has 0 aliphatic rings. The lowest BCUT2D eigenvalue weighted by molar-refractivity contribution is 0.288. The summed E-state index contributed by atoms with van der Waals surface area (Å²) in [4.78, 5) is 0. The number of hydrogen-bond acceptors (Lipinski definition) is 4. The maximum absolute atomic E-state index is 5.64. The molecule has 0 bridgehead atoms. The predicted octanol–water partition coefficient (Wildman–Crippen LogP) is 2.04. The average Bonchev–Trinajstić information content (AvgIpc) is 2.39. The summed E-state index contributed by atoms with van der Waals surface area (Å²) in [6.45, 7) is 2.80. The van der Waals surface area contributed by atoms with Crippen LogP contribution in [-0.2, 0) is 0 Å². The molecule has 0 fully saturated rings. The van der Waals surface area contributed by atoms with E-state index in [0.29, 0.717) is 12.4 Å². The number of methoxy groups -OCH3 is 1. The Morgan fingerprint density at radius 3 is 2.89 bits per heavy atom. The fourth-order valence-electron chi connectivity index (χ4n) is 1.38. The van der Waals surface area contributed by atoms with Gasteiger partial charge in [-0.25, -0.2) is 0 Å². The molecule has 0 aromatic heterocycles. The van der Waals surface area contributed by atoms with Gasteiger partial charge in [-0.05, 0) is 42.4 Å². The molecule has 0 saturated heterocycles. The quantitative estimate of drug-likeness (QED) is 0.346. The van der Waals surface area contributed by atoms with E-state index in [1.54, 1.807) is 13.3 Å². The number of hydrazone groups is 1. The monoisotopic (exact) mass is 281 g/mol. The van der Waals surface area contributed by atoms with Crippen molar-refractivity contribution in [2.24, 2.45) is 10.8 Å². The molecule has 104 valence electrons. The van der Waals surface area contributed by atoms with Crippen LogP contribution in [0, 0.1) is 0 Å². The summed E-state index contributed by atoms with van der Waals surface area (Å²) >= 11 is 4.65. The third-order valence-electron chi connectivity index (χ3n) is 2.33.